The monoisotopic (exact) mass is 320 g/mol. The summed E-state index contributed by atoms with van der Waals surface area (Å²) in [5.41, 5.74) is 5.38. The van der Waals surface area contributed by atoms with Crippen molar-refractivity contribution in [1.82, 2.24) is 5.32 Å². The molecule has 0 aromatic carbocycles. The molecule has 0 bridgehead atoms. The second-order valence-corrected chi connectivity index (χ2v) is 7.80. The Bertz CT molecular complexity index is 310. The Kier molecular flexibility index (Phi) is 9.13. The molecule has 1 heterocycles. The highest BCUT2D eigenvalue weighted by Gasteiger charge is 2.15. The summed E-state index contributed by atoms with van der Waals surface area (Å²) in [5, 5.41) is 12.2. The molecule has 0 aromatic rings. The van der Waals surface area contributed by atoms with Gasteiger partial charge in [0.1, 0.15) is 6.04 Å². The molecule has 7 heteroatoms. The zero-order valence-electron chi connectivity index (χ0n) is 11.7. The summed E-state index contributed by atoms with van der Waals surface area (Å²) < 4.78 is 0. The van der Waals surface area contributed by atoms with Crippen molar-refractivity contribution in [3.8, 4) is 0 Å². The fraction of sp³-hybridized carbons (Fsp3) is 0.846. The number of nitrogens with one attached hydrogen (secondary N) is 1. The van der Waals surface area contributed by atoms with Gasteiger partial charge in [0.2, 0.25) is 5.91 Å². The van der Waals surface area contributed by atoms with Crippen LogP contribution < -0.4 is 11.1 Å². The highest BCUT2D eigenvalue weighted by atomic mass is 33.1. The number of carboxylic acid groups (broad SMARTS) is 1. The average Bonchev–Trinajstić information content (AvgIpc) is 2.92. The molecule has 2 atom stereocenters. The number of amides is 1. The van der Waals surface area contributed by atoms with Gasteiger partial charge in [0, 0.05) is 24.0 Å². The predicted octanol–water partition coefficient (Wildman–Crippen LogP) is 2.01. The van der Waals surface area contributed by atoms with Crippen LogP contribution in [0.2, 0.25) is 0 Å². The van der Waals surface area contributed by atoms with E-state index in [4.69, 9.17) is 10.8 Å². The van der Waals surface area contributed by atoms with Crippen molar-refractivity contribution in [1.29, 1.82) is 0 Å². The van der Waals surface area contributed by atoms with Crippen molar-refractivity contribution in [3.05, 3.63) is 0 Å². The van der Waals surface area contributed by atoms with E-state index in [-0.39, 0.29) is 5.91 Å². The maximum Gasteiger partial charge on any atom is 0.320 e. The van der Waals surface area contributed by atoms with Gasteiger partial charge in [-0.25, -0.2) is 0 Å². The van der Waals surface area contributed by atoms with Crippen molar-refractivity contribution in [2.75, 3.05) is 12.3 Å². The van der Waals surface area contributed by atoms with Gasteiger partial charge in [0.05, 0.1) is 0 Å². The van der Waals surface area contributed by atoms with Gasteiger partial charge >= 0.3 is 5.97 Å². The lowest BCUT2D eigenvalue weighted by molar-refractivity contribution is -0.138. The fourth-order valence-corrected chi connectivity index (χ4v) is 5.01. The Balaban J connectivity index is 1.91. The summed E-state index contributed by atoms with van der Waals surface area (Å²) >= 11 is 0. The van der Waals surface area contributed by atoms with Crippen molar-refractivity contribution in [2.24, 2.45) is 5.73 Å². The van der Waals surface area contributed by atoms with Gasteiger partial charge in [-0.15, -0.1) is 0 Å². The molecule has 0 radical (unpaired) electrons. The maximum atomic E-state index is 11.5. The zero-order chi connectivity index (χ0) is 14.8. The van der Waals surface area contributed by atoms with E-state index in [1.807, 2.05) is 21.6 Å². The first kappa shape index (κ1) is 17.7. The normalized spacial score (nSPS) is 19.8. The second kappa shape index (κ2) is 10.3. The van der Waals surface area contributed by atoms with Gasteiger partial charge in [-0.2, -0.15) is 0 Å². The minimum Gasteiger partial charge on any atom is -0.480 e. The number of rotatable bonds is 10. The van der Waals surface area contributed by atoms with Crippen LogP contribution in [-0.4, -0.2) is 40.6 Å². The SMILES string of the molecule is NC(CCCNC(=O)CCCCC1CCSS1)C(=O)O. The topological polar surface area (TPSA) is 92.4 Å². The van der Waals surface area contributed by atoms with Crippen LogP contribution in [0.3, 0.4) is 0 Å². The Morgan fingerprint density at radius 3 is 2.80 bits per heavy atom. The standard InChI is InChI=1S/C13H24N2O3S2/c14-11(13(17)18)5-3-8-15-12(16)6-2-1-4-10-7-9-19-20-10/h10-11H,1-9,14H2,(H,15,16)(H,17,18). The number of hydrogen-bond donors (Lipinski definition) is 3. The molecular formula is C13H24N2O3S2. The molecule has 1 rings (SSSR count). The zero-order valence-corrected chi connectivity index (χ0v) is 13.3. The summed E-state index contributed by atoms with van der Waals surface area (Å²) in [6.45, 7) is 0.509. The number of carbonyl (C=O) groups is 2. The Labute approximate surface area is 128 Å². The molecule has 5 nitrogen and oxygen atoms in total. The molecule has 1 amide bonds. The smallest absolute Gasteiger partial charge is 0.320 e. The molecule has 20 heavy (non-hydrogen) atoms. The number of aliphatic carboxylic acids is 1. The lowest BCUT2D eigenvalue weighted by atomic mass is 10.1. The van der Waals surface area contributed by atoms with Crippen LogP contribution in [0.15, 0.2) is 0 Å². The van der Waals surface area contributed by atoms with Crippen molar-refractivity contribution in [3.63, 3.8) is 0 Å². The third kappa shape index (κ3) is 8.01. The molecule has 0 aliphatic carbocycles. The van der Waals surface area contributed by atoms with Gasteiger partial charge in [0.25, 0.3) is 0 Å². The molecule has 2 unspecified atom stereocenters. The highest BCUT2D eigenvalue weighted by molar-refractivity contribution is 8.77. The lowest BCUT2D eigenvalue weighted by Gasteiger charge is -2.08. The van der Waals surface area contributed by atoms with Crippen LogP contribution in [0.4, 0.5) is 0 Å². The van der Waals surface area contributed by atoms with E-state index >= 15 is 0 Å². The third-order valence-corrected chi connectivity index (χ3v) is 6.25. The quantitative estimate of drug-likeness (QED) is 0.421. The number of carboxylic acids is 1. The van der Waals surface area contributed by atoms with Crippen molar-refractivity contribution < 1.29 is 14.7 Å². The number of nitrogens with two attached hydrogens (primary N) is 1. The maximum absolute atomic E-state index is 11.5. The molecule has 116 valence electrons. The number of carbonyl (C=O) groups excluding carboxylic acids is 1. The molecule has 0 saturated carbocycles. The van der Waals surface area contributed by atoms with Gasteiger partial charge in [0.15, 0.2) is 0 Å². The van der Waals surface area contributed by atoms with Crippen LogP contribution >= 0.6 is 21.6 Å². The largest absolute Gasteiger partial charge is 0.480 e. The fourth-order valence-electron chi connectivity index (χ4n) is 1.98. The molecule has 0 spiro atoms. The molecule has 0 aromatic heterocycles. The van der Waals surface area contributed by atoms with E-state index in [0.717, 1.165) is 18.1 Å². The third-order valence-electron chi connectivity index (χ3n) is 3.24. The van der Waals surface area contributed by atoms with Crippen molar-refractivity contribution >= 4 is 33.5 Å². The first-order valence-electron chi connectivity index (χ1n) is 7.13. The Morgan fingerprint density at radius 1 is 1.35 bits per heavy atom. The molecule has 1 aliphatic heterocycles. The van der Waals surface area contributed by atoms with E-state index in [0.29, 0.717) is 25.8 Å². The molecule has 4 N–H and O–H groups in total. The van der Waals surface area contributed by atoms with Gasteiger partial charge < -0.3 is 16.2 Å². The Morgan fingerprint density at radius 2 is 2.15 bits per heavy atom. The van der Waals surface area contributed by atoms with E-state index < -0.39 is 12.0 Å². The molecule has 1 aliphatic rings. The van der Waals surface area contributed by atoms with E-state index in [1.165, 1.54) is 18.6 Å². The van der Waals surface area contributed by atoms with Crippen LogP contribution in [0.25, 0.3) is 0 Å². The average molecular weight is 320 g/mol. The van der Waals surface area contributed by atoms with Gasteiger partial charge in [-0.3, -0.25) is 9.59 Å². The van der Waals surface area contributed by atoms with Crippen LogP contribution in [0.1, 0.15) is 44.9 Å². The summed E-state index contributed by atoms with van der Waals surface area (Å²) in [5.74, 6) is 0.329. The van der Waals surface area contributed by atoms with Gasteiger partial charge in [-0.05, 0) is 32.1 Å². The Hall–Kier alpha value is -0.400. The summed E-state index contributed by atoms with van der Waals surface area (Å²) in [6, 6.07) is -0.825. The second-order valence-electron chi connectivity index (χ2n) is 5.01. The minimum absolute atomic E-state index is 0.0577. The van der Waals surface area contributed by atoms with E-state index in [2.05, 4.69) is 5.32 Å². The summed E-state index contributed by atoms with van der Waals surface area (Å²) in [6.07, 6.45) is 6.11. The minimum atomic E-state index is -0.987. The number of hydrogen-bond acceptors (Lipinski definition) is 5. The van der Waals surface area contributed by atoms with Crippen LogP contribution in [0, 0.1) is 0 Å². The molecule has 1 saturated heterocycles. The van der Waals surface area contributed by atoms with Crippen LogP contribution in [-0.2, 0) is 9.59 Å². The molecule has 1 fully saturated rings. The first-order valence-corrected chi connectivity index (χ1v) is 9.51. The summed E-state index contributed by atoms with van der Waals surface area (Å²) in [4.78, 5) is 22.0. The lowest BCUT2D eigenvalue weighted by Crippen LogP contribution is -2.32. The number of unbranched alkanes of at least 4 members (excludes halogenated alkanes) is 1. The predicted molar refractivity (Wildman–Crippen MR) is 84.8 cm³/mol. The summed E-state index contributed by atoms with van der Waals surface area (Å²) in [7, 11) is 3.93. The first-order chi connectivity index (χ1) is 9.59. The van der Waals surface area contributed by atoms with Crippen LogP contribution in [0.5, 0.6) is 0 Å². The van der Waals surface area contributed by atoms with Crippen molar-refractivity contribution in [2.45, 2.75) is 56.2 Å². The van der Waals surface area contributed by atoms with Gasteiger partial charge in [-0.1, -0.05) is 28.0 Å². The van der Waals surface area contributed by atoms with E-state index in [9.17, 15) is 9.59 Å². The molecular weight excluding hydrogens is 296 g/mol. The van der Waals surface area contributed by atoms with E-state index in [1.54, 1.807) is 0 Å². The highest BCUT2D eigenvalue weighted by Crippen LogP contribution is 2.39.